The fourth-order valence-electron chi connectivity index (χ4n) is 4.79. The second-order valence-electron chi connectivity index (χ2n) is 8.92. The molecule has 1 atom stereocenters. The average Bonchev–Trinajstić information content (AvgIpc) is 2.84. The zero-order valence-electron chi connectivity index (χ0n) is 18.2. The van der Waals surface area contributed by atoms with Crippen molar-refractivity contribution in [1.82, 2.24) is 9.80 Å². The van der Waals surface area contributed by atoms with Gasteiger partial charge in [-0.05, 0) is 56.4 Å². The summed E-state index contributed by atoms with van der Waals surface area (Å²) in [6.07, 6.45) is 5.56. The Bertz CT molecular complexity index is 865. The van der Waals surface area contributed by atoms with Crippen LogP contribution in [0.3, 0.4) is 0 Å². The highest BCUT2D eigenvalue weighted by molar-refractivity contribution is 5.94. The van der Waals surface area contributed by atoms with Crippen molar-refractivity contribution in [2.75, 3.05) is 32.8 Å². The zero-order valence-corrected chi connectivity index (χ0v) is 18.2. The van der Waals surface area contributed by atoms with Crippen LogP contribution >= 0.6 is 0 Å². The molecule has 4 rings (SSSR count). The number of amides is 2. The van der Waals surface area contributed by atoms with Crippen molar-refractivity contribution in [1.29, 1.82) is 0 Å². The van der Waals surface area contributed by atoms with E-state index in [0.717, 1.165) is 51.1 Å². The maximum Gasteiger partial charge on any atom is 0.253 e. The van der Waals surface area contributed by atoms with E-state index >= 15 is 0 Å². The van der Waals surface area contributed by atoms with Crippen molar-refractivity contribution in [3.05, 3.63) is 66.2 Å². The minimum atomic E-state index is -0.368. The zero-order chi connectivity index (χ0) is 21.5. The molecule has 0 N–H and O–H groups in total. The van der Waals surface area contributed by atoms with Crippen LogP contribution in [0.5, 0.6) is 5.75 Å². The number of para-hydroxylation sites is 1. The Kier molecular flexibility index (Phi) is 6.90. The summed E-state index contributed by atoms with van der Waals surface area (Å²) in [6.45, 7) is 3.41. The van der Waals surface area contributed by atoms with E-state index in [-0.39, 0.29) is 17.2 Å². The van der Waals surface area contributed by atoms with Gasteiger partial charge in [-0.15, -0.1) is 0 Å². The van der Waals surface area contributed by atoms with E-state index in [9.17, 15) is 9.59 Å². The molecule has 2 amide bonds. The van der Waals surface area contributed by atoms with E-state index in [0.29, 0.717) is 25.1 Å². The monoisotopic (exact) mass is 420 g/mol. The number of hydrogen-bond donors (Lipinski definition) is 0. The normalized spacial score (nSPS) is 21.5. The molecule has 0 aliphatic carbocycles. The molecule has 0 aromatic heterocycles. The molecule has 2 aliphatic heterocycles. The second-order valence-corrected chi connectivity index (χ2v) is 8.92. The average molecular weight is 421 g/mol. The Labute approximate surface area is 185 Å². The van der Waals surface area contributed by atoms with E-state index in [1.165, 1.54) is 6.42 Å². The summed E-state index contributed by atoms with van der Waals surface area (Å²) in [4.78, 5) is 30.3. The van der Waals surface area contributed by atoms with Crippen LogP contribution in [0.2, 0.25) is 0 Å². The highest BCUT2D eigenvalue weighted by Crippen LogP contribution is 2.36. The smallest absolute Gasteiger partial charge is 0.253 e. The van der Waals surface area contributed by atoms with Gasteiger partial charge in [0.15, 0.2) is 0 Å². The third-order valence-electron chi connectivity index (χ3n) is 6.49. The largest absolute Gasteiger partial charge is 0.493 e. The minimum absolute atomic E-state index is 0.0369. The quantitative estimate of drug-likeness (QED) is 0.696. The summed E-state index contributed by atoms with van der Waals surface area (Å²) in [5.41, 5.74) is 0.331. The number of benzene rings is 2. The van der Waals surface area contributed by atoms with E-state index < -0.39 is 0 Å². The summed E-state index contributed by atoms with van der Waals surface area (Å²) in [7, 11) is 0. The summed E-state index contributed by atoms with van der Waals surface area (Å²) in [5, 5.41) is 0. The van der Waals surface area contributed by atoms with Crippen LogP contribution in [0.25, 0.3) is 0 Å². The maximum atomic E-state index is 13.2. The first-order chi connectivity index (χ1) is 15.2. The van der Waals surface area contributed by atoms with Gasteiger partial charge in [0, 0.05) is 43.6 Å². The molecule has 0 radical (unpaired) electrons. The van der Waals surface area contributed by atoms with Gasteiger partial charge < -0.3 is 14.5 Å². The Morgan fingerprint density at radius 1 is 0.806 bits per heavy atom. The molecular formula is C26H32N2O3. The SMILES string of the molecule is O=C(CC1(COc2ccccc2)CCCN(C(=O)c2ccccc2)C1)N1CCCCC1. The molecule has 2 aromatic rings. The first kappa shape index (κ1) is 21.4. The van der Waals surface area contributed by atoms with Crippen LogP contribution in [-0.4, -0.2) is 54.4 Å². The van der Waals surface area contributed by atoms with Crippen molar-refractivity contribution >= 4 is 11.8 Å². The lowest BCUT2D eigenvalue weighted by atomic mass is 9.77. The molecule has 0 spiro atoms. The lowest BCUT2D eigenvalue weighted by Crippen LogP contribution is -2.51. The van der Waals surface area contributed by atoms with E-state index in [1.807, 2.05) is 70.5 Å². The van der Waals surface area contributed by atoms with Crippen LogP contribution < -0.4 is 4.74 Å². The maximum absolute atomic E-state index is 13.2. The highest BCUT2D eigenvalue weighted by atomic mass is 16.5. The number of carbonyl (C=O) groups is 2. The van der Waals surface area contributed by atoms with Gasteiger partial charge in [0.25, 0.3) is 5.91 Å². The van der Waals surface area contributed by atoms with Crippen LogP contribution in [-0.2, 0) is 4.79 Å². The second kappa shape index (κ2) is 9.99. The molecule has 0 saturated carbocycles. The van der Waals surface area contributed by atoms with Crippen molar-refractivity contribution in [2.45, 2.75) is 38.5 Å². The van der Waals surface area contributed by atoms with Crippen LogP contribution in [0, 0.1) is 5.41 Å². The Morgan fingerprint density at radius 2 is 1.45 bits per heavy atom. The van der Waals surface area contributed by atoms with Gasteiger partial charge in [0.2, 0.25) is 5.91 Å². The van der Waals surface area contributed by atoms with Crippen molar-refractivity contribution < 1.29 is 14.3 Å². The summed E-state index contributed by atoms with van der Waals surface area (Å²) in [5.74, 6) is 1.04. The standard InChI is InChI=1S/C26H32N2O3/c29-24(27-16-8-3-9-17-27)19-26(21-31-23-13-6-2-7-14-23)15-10-18-28(20-26)25(30)22-11-4-1-5-12-22/h1-2,4-7,11-14H,3,8-10,15-21H2. The molecule has 2 fully saturated rings. The Hall–Kier alpha value is -2.82. The van der Waals surface area contributed by atoms with Gasteiger partial charge in [-0.2, -0.15) is 0 Å². The van der Waals surface area contributed by atoms with E-state index in [4.69, 9.17) is 4.74 Å². The number of likely N-dealkylation sites (tertiary alicyclic amines) is 2. The summed E-state index contributed by atoms with van der Waals surface area (Å²) in [6, 6.07) is 19.2. The molecule has 2 heterocycles. The molecule has 0 bridgehead atoms. The predicted molar refractivity (Wildman–Crippen MR) is 121 cm³/mol. The summed E-state index contributed by atoms with van der Waals surface area (Å²) >= 11 is 0. The number of hydrogen-bond acceptors (Lipinski definition) is 3. The number of rotatable bonds is 6. The van der Waals surface area contributed by atoms with E-state index in [2.05, 4.69) is 0 Å². The summed E-state index contributed by atoms with van der Waals surface area (Å²) < 4.78 is 6.16. The molecule has 2 aliphatic rings. The van der Waals surface area contributed by atoms with Crippen LogP contribution in [0.4, 0.5) is 0 Å². The van der Waals surface area contributed by atoms with Crippen molar-refractivity contribution in [3.8, 4) is 5.75 Å². The van der Waals surface area contributed by atoms with Gasteiger partial charge in [0.1, 0.15) is 5.75 Å². The molecule has 164 valence electrons. The Balaban J connectivity index is 1.51. The van der Waals surface area contributed by atoms with E-state index in [1.54, 1.807) is 0 Å². The lowest BCUT2D eigenvalue weighted by Gasteiger charge is -2.43. The molecule has 1 unspecified atom stereocenters. The highest BCUT2D eigenvalue weighted by Gasteiger charge is 2.41. The predicted octanol–water partition coefficient (Wildman–Crippen LogP) is 4.39. The van der Waals surface area contributed by atoms with Gasteiger partial charge in [-0.25, -0.2) is 0 Å². The first-order valence-corrected chi connectivity index (χ1v) is 11.5. The molecule has 31 heavy (non-hydrogen) atoms. The minimum Gasteiger partial charge on any atom is -0.493 e. The number of carbonyl (C=O) groups excluding carboxylic acids is 2. The molecule has 2 saturated heterocycles. The number of ether oxygens (including phenoxy) is 1. The van der Waals surface area contributed by atoms with Crippen molar-refractivity contribution in [3.63, 3.8) is 0 Å². The fraction of sp³-hybridized carbons (Fsp3) is 0.462. The van der Waals surface area contributed by atoms with Gasteiger partial charge in [-0.3, -0.25) is 9.59 Å². The Morgan fingerprint density at radius 3 is 2.16 bits per heavy atom. The van der Waals surface area contributed by atoms with Gasteiger partial charge in [0.05, 0.1) is 6.61 Å². The number of piperidine rings is 2. The third-order valence-corrected chi connectivity index (χ3v) is 6.49. The van der Waals surface area contributed by atoms with Gasteiger partial charge in [-0.1, -0.05) is 36.4 Å². The fourth-order valence-corrected chi connectivity index (χ4v) is 4.79. The van der Waals surface area contributed by atoms with Crippen LogP contribution in [0.15, 0.2) is 60.7 Å². The van der Waals surface area contributed by atoms with Gasteiger partial charge >= 0.3 is 0 Å². The molecule has 5 nitrogen and oxygen atoms in total. The molecular weight excluding hydrogens is 388 g/mol. The molecule has 5 heteroatoms. The molecule has 2 aromatic carbocycles. The topological polar surface area (TPSA) is 49.9 Å². The lowest BCUT2D eigenvalue weighted by molar-refractivity contribution is -0.136. The third kappa shape index (κ3) is 5.46. The van der Waals surface area contributed by atoms with Crippen LogP contribution in [0.1, 0.15) is 48.9 Å². The first-order valence-electron chi connectivity index (χ1n) is 11.5. The van der Waals surface area contributed by atoms with Crippen molar-refractivity contribution in [2.24, 2.45) is 5.41 Å². The number of nitrogens with zero attached hydrogens (tertiary/aromatic N) is 2.